The molecule has 3 rings (SSSR count). The summed E-state index contributed by atoms with van der Waals surface area (Å²) in [5.41, 5.74) is 2.13. The Hall–Kier alpha value is -3.39. The maximum absolute atomic E-state index is 13.4. The van der Waals surface area contributed by atoms with Crippen molar-refractivity contribution in [2.45, 2.75) is 11.4 Å². The minimum atomic E-state index is -4.02. The van der Waals surface area contributed by atoms with Gasteiger partial charge in [0.05, 0.1) is 10.6 Å². The number of nitrogens with zero attached hydrogens (tertiary/aromatic N) is 2. The molecule has 1 N–H and O–H groups in total. The Morgan fingerprint density at radius 2 is 1.45 bits per heavy atom. The van der Waals surface area contributed by atoms with E-state index in [1.165, 1.54) is 24.3 Å². The minimum absolute atomic E-state index is 0.0476. The number of amides is 1. The SMILES string of the molecule is CN(C)c1ccc(CNC(=O)CN(c2ccc(F)cc2)S(=O)(=O)c2ccccc2)cc1. The Kier molecular flexibility index (Phi) is 6.91. The molecule has 3 aromatic carbocycles. The number of sulfonamides is 1. The van der Waals surface area contributed by atoms with Crippen LogP contribution in [0.2, 0.25) is 0 Å². The van der Waals surface area contributed by atoms with Gasteiger partial charge in [0.1, 0.15) is 12.4 Å². The summed E-state index contributed by atoms with van der Waals surface area (Å²) in [4.78, 5) is 14.6. The number of hydrogen-bond donors (Lipinski definition) is 1. The minimum Gasteiger partial charge on any atom is -0.378 e. The molecule has 0 heterocycles. The van der Waals surface area contributed by atoms with Gasteiger partial charge in [0.15, 0.2) is 0 Å². The van der Waals surface area contributed by atoms with Gasteiger partial charge in [-0.1, -0.05) is 30.3 Å². The molecule has 0 atom stereocenters. The van der Waals surface area contributed by atoms with Gasteiger partial charge in [-0.25, -0.2) is 12.8 Å². The quantitative estimate of drug-likeness (QED) is 0.582. The van der Waals surface area contributed by atoms with E-state index in [4.69, 9.17) is 0 Å². The number of nitrogens with one attached hydrogen (secondary N) is 1. The van der Waals surface area contributed by atoms with Gasteiger partial charge in [0.2, 0.25) is 5.91 Å². The van der Waals surface area contributed by atoms with E-state index >= 15 is 0 Å². The fourth-order valence-electron chi connectivity index (χ4n) is 2.94. The Morgan fingerprint density at radius 3 is 2.03 bits per heavy atom. The van der Waals surface area contributed by atoms with Gasteiger partial charge in [-0.05, 0) is 54.1 Å². The Morgan fingerprint density at radius 1 is 0.871 bits per heavy atom. The van der Waals surface area contributed by atoms with Crippen molar-refractivity contribution in [2.24, 2.45) is 0 Å². The van der Waals surface area contributed by atoms with E-state index in [-0.39, 0.29) is 17.1 Å². The molecule has 0 saturated heterocycles. The van der Waals surface area contributed by atoms with E-state index in [1.54, 1.807) is 18.2 Å². The number of hydrogen-bond acceptors (Lipinski definition) is 4. The summed E-state index contributed by atoms with van der Waals surface area (Å²) in [6.07, 6.45) is 0. The van der Waals surface area contributed by atoms with Gasteiger partial charge in [-0.3, -0.25) is 9.10 Å². The number of carbonyl (C=O) groups excluding carboxylic acids is 1. The second kappa shape index (κ2) is 9.61. The fraction of sp³-hybridized carbons (Fsp3) is 0.174. The summed E-state index contributed by atoms with van der Waals surface area (Å²) in [5.74, 6) is -0.966. The number of anilines is 2. The van der Waals surface area contributed by atoms with E-state index in [2.05, 4.69) is 5.32 Å². The van der Waals surface area contributed by atoms with Crippen molar-refractivity contribution in [3.63, 3.8) is 0 Å². The van der Waals surface area contributed by atoms with E-state index in [0.29, 0.717) is 0 Å². The zero-order valence-electron chi connectivity index (χ0n) is 17.3. The number of rotatable bonds is 8. The molecule has 0 bridgehead atoms. The Bertz CT molecular complexity index is 1120. The highest BCUT2D eigenvalue weighted by Gasteiger charge is 2.27. The highest BCUT2D eigenvalue weighted by atomic mass is 32.2. The number of halogens is 1. The molecule has 0 saturated carbocycles. The molecule has 162 valence electrons. The lowest BCUT2D eigenvalue weighted by molar-refractivity contribution is -0.119. The molecule has 0 aromatic heterocycles. The van der Waals surface area contributed by atoms with Crippen molar-refractivity contribution in [3.8, 4) is 0 Å². The molecule has 6 nitrogen and oxygen atoms in total. The maximum atomic E-state index is 13.4. The molecule has 0 radical (unpaired) electrons. The summed E-state index contributed by atoms with van der Waals surface area (Å²) >= 11 is 0. The van der Waals surface area contributed by atoms with Crippen LogP contribution in [0.25, 0.3) is 0 Å². The summed E-state index contributed by atoms with van der Waals surface area (Å²) in [6, 6.07) is 20.5. The standard InChI is InChI=1S/C23H24FN3O3S/c1-26(2)20-12-8-18(9-13-20)16-25-23(28)17-27(21-14-10-19(24)11-15-21)31(29,30)22-6-4-3-5-7-22/h3-15H,16-17H2,1-2H3,(H,25,28). The van der Waals surface area contributed by atoms with Crippen molar-refractivity contribution in [1.29, 1.82) is 0 Å². The number of benzene rings is 3. The van der Waals surface area contributed by atoms with Gasteiger partial charge in [-0.2, -0.15) is 0 Å². The van der Waals surface area contributed by atoms with E-state index in [0.717, 1.165) is 27.7 Å². The van der Waals surface area contributed by atoms with Crippen LogP contribution in [0.3, 0.4) is 0 Å². The first-order valence-electron chi connectivity index (χ1n) is 9.64. The molecular weight excluding hydrogens is 417 g/mol. The molecule has 0 fully saturated rings. The molecule has 0 aliphatic carbocycles. The zero-order valence-corrected chi connectivity index (χ0v) is 18.1. The van der Waals surface area contributed by atoms with Crippen molar-refractivity contribution < 1.29 is 17.6 Å². The second-order valence-electron chi connectivity index (χ2n) is 7.14. The summed E-state index contributed by atoms with van der Waals surface area (Å²) in [6.45, 7) is -0.173. The molecule has 0 spiro atoms. The van der Waals surface area contributed by atoms with Crippen LogP contribution in [0, 0.1) is 5.82 Å². The summed E-state index contributed by atoms with van der Waals surface area (Å²) in [5, 5.41) is 2.75. The van der Waals surface area contributed by atoms with Gasteiger partial charge >= 0.3 is 0 Å². The van der Waals surface area contributed by atoms with Gasteiger partial charge in [0.25, 0.3) is 10.0 Å². The predicted molar refractivity (Wildman–Crippen MR) is 120 cm³/mol. The predicted octanol–water partition coefficient (Wildman–Crippen LogP) is 3.40. The first-order chi connectivity index (χ1) is 14.8. The van der Waals surface area contributed by atoms with Crippen LogP contribution in [-0.2, 0) is 21.4 Å². The van der Waals surface area contributed by atoms with Crippen LogP contribution in [0.5, 0.6) is 0 Å². The third-order valence-corrected chi connectivity index (χ3v) is 6.46. The Labute approximate surface area is 182 Å². The average molecular weight is 442 g/mol. The fourth-order valence-corrected chi connectivity index (χ4v) is 4.38. The highest BCUT2D eigenvalue weighted by Crippen LogP contribution is 2.23. The lowest BCUT2D eigenvalue weighted by Crippen LogP contribution is -2.40. The maximum Gasteiger partial charge on any atom is 0.264 e. The number of carbonyl (C=O) groups is 1. The second-order valence-corrected chi connectivity index (χ2v) is 9.00. The normalized spacial score (nSPS) is 11.1. The molecule has 31 heavy (non-hydrogen) atoms. The lowest BCUT2D eigenvalue weighted by atomic mass is 10.2. The highest BCUT2D eigenvalue weighted by molar-refractivity contribution is 7.92. The van der Waals surface area contributed by atoms with E-state index < -0.39 is 28.3 Å². The van der Waals surface area contributed by atoms with Gasteiger partial charge in [0, 0.05) is 26.3 Å². The zero-order chi connectivity index (χ0) is 22.4. The van der Waals surface area contributed by atoms with Crippen molar-refractivity contribution in [1.82, 2.24) is 5.32 Å². The van der Waals surface area contributed by atoms with Crippen LogP contribution in [-0.4, -0.2) is 35.0 Å². The third kappa shape index (κ3) is 5.61. The van der Waals surface area contributed by atoms with Crippen molar-refractivity contribution in [3.05, 3.63) is 90.2 Å². The summed E-state index contributed by atoms with van der Waals surface area (Å²) in [7, 11) is -0.139. The third-order valence-electron chi connectivity index (χ3n) is 4.68. The van der Waals surface area contributed by atoms with Crippen LogP contribution in [0.15, 0.2) is 83.8 Å². The van der Waals surface area contributed by atoms with Crippen molar-refractivity contribution >= 4 is 27.3 Å². The van der Waals surface area contributed by atoms with Gasteiger partial charge < -0.3 is 10.2 Å². The van der Waals surface area contributed by atoms with Crippen LogP contribution < -0.4 is 14.5 Å². The molecule has 8 heteroatoms. The van der Waals surface area contributed by atoms with Crippen LogP contribution in [0.1, 0.15) is 5.56 Å². The first-order valence-corrected chi connectivity index (χ1v) is 11.1. The molecule has 3 aromatic rings. The van der Waals surface area contributed by atoms with Crippen molar-refractivity contribution in [2.75, 3.05) is 29.8 Å². The van der Waals surface area contributed by atoms with Gasteiger partial charge in [-0.15, -0.1) is 0 Å². The monoisotopic (exact) mass is 441 g/mol. The largest absolute Gasteiger partial charge is 0.378 e. The van der Waals surface area contributed by atoms with Crippen LogP contribution >= 0.6 is 0 Å². The summed E-state index contributed by atoms with van der Waals surface area (Å²) < 4.78 is 40.7. The topological polar surface area (TPSA) is 69.7 Å². The molecular formula is C23H24FN3O3S. The molecule has 1 amide bonds. The van der Waals surface area contributed by atoms with E-state index in [9.17, 15) is 17.6 Å². The molecule has 0 unspecified atom stereocenters. The lowest BCUT2D eigenvalue weighted by Gasteiger charge is -2.24. The first kappa shape index (κ1) is 22.3. The Balaban J connectivity index is 1.78. The average Bonchev–Trinajstić information content (AvgIpc) is 2.77. The van der Waals surface area contributed by atoms with Crippen LogP contribution in [0.4, 0.5) is 15.8 Å². The molecule has 0 aliphatic rings. The van der Waals surface area contributed by atoms with E-state index in [1.807, 2.05) is 43.3 Å². The smallest absolute Gasteiger partial charge is 0.264 e. The molecule has 0 aliphatic heterocycles.